The molecule has 0 aliphatic heterocycles. The molecule has 18 heavy (non-hydrogen) atoms. The van der Waals surface area contributed by atoms with E-state index in [0.717, 1.165) is 16.3 Å². The van der Waals surface area contributed by atoms with Crippen LogP contribution in [-0.2, 0) is 11.2 Å². The quantitative estimate of drug-likeness (QED) is 0.532. The van der Waals surface area contributed by atoms with E-state index >= 15 is 0 Å². The fourth-order valence-electron chi connectivity index (χ4n) is 2.35. The van der Waals surface area contributed by atoms with Gasteiger partial charge in [0.1, 0.15) is 6.04 Å². The molecule has 0 spiro atoms. The fraction of sp³-hybridized carbons (Fsp3) is 0.143. The summed E-state index contributed by atoms with van der Waals surface area (Å²) in [5.74, 6) is -0.520. The minimum atomic E-state index is -1.02. The van der Waals surface area contributed by atoms with Crippen molar-refractivity contribution < 1.29 is 9.59 Å². The molecule has 4 N–H and O–H groups in total. The van der Waals surface area contributed by atoms with Gasteiger partial charge in [0.2, 0.25) is 0 Å². The minimum absolute atomic E-state index is 0.220. The lowest BCUT2D eigenvalue weighted by atomic mass is 9.85. The number of Topliss-reactive ketones (excluding diaryl/α,β-unsaturated/α-hetero) is 2. The van der Waals surface area contributed by atoms with E-state index in [1.807, 2.05) is 18.2 Å². The Hall–Kier alpha value is -2.20. The molecule has 0 saturated heterocycles. The van der Waals surface area contributed by atoms with Gasteiger partial charge < -0.3 is 11.5 Å². The lowest BCUT2D eigenvalue weighted by molar-refractivity contribution is -0.118. The predicted molar refractivity (Wildman–Crippen MR) is 69.4 cm³/mol. The predicted octanol–water partition coefficient (Wildman–Crippen LogP) is 1.06. The second kappa shape index (κ2) is 3.65. The van der Waals surface area contributed by atoms with E-state index in [1.165, 1.54) is 0 Å². The summed E-state index contributed by atoms with van der Waals surface area (Å²) in [6, 6.07) is 8.12. The Morgan fingerprint density at radius 1 is 1.06 bits per heavy atom. The normalized spacial score (nSPS) is 19.1. The average molecular weight is 240 g/mol. The first kappa shape index (κ1) is 10.9. The van der Waals surface area contributed by atoms with Crippen LogP contribution < -0.4 is 11.5 Å². The highest BCUT2D eigenvalue weighted by molar-refractivity contribution is 6.19. The molecule has 1 unspecified atom stereocenters. The van der Waals surface area contributed by atoms with Crippen LogP contribution in [0.4, 0.5) is 5.69 Å². The van der Waals surface area contributed by atoms with Crippen molar-refractivity contribution >= 4 is 28.0 Å². The van der Waals surface area contributed by atoms with E-state index in [-0.39, 0.29) is 18.0 Å². The van der Waals surface area contributed by atoms with Gasteiger partial charge in [-0.1, -0.05) is 6.07 Å². The van der Waals surface area contributed by atoms with Crippen molar-refractivity contribution in [1.82, 2.24) is 0 Å². The number of fused-ring (bicyclic) bond motifs is 2. The Morgan fingerprint density at radius 2 is 1.83 bits per heavy atom. The number of nitrogens with two attached hydrogens (primary N) is 2. The van der Waals surface area contributed by atoms with Crippen LogP contribution in [-0.4, -0.2) is 17.6 Å². The van der Waals surface area contributed by atoms with Crippen molar-refractivity contribution in [3.8, 4) is 0 Å². The Balaban J connectivity index is 2.28. The van der Waals surface area contributed by atoms with Crippen molar-refractivity contribution in [2.75, 3.05) is 5.73 Å². The average Bonchev–Trinajstić information content (AvgIpc) is 2.35. The number of benzene rings is 2. The highest BCUT2D eigenvalue weighted by atomic mass is 16.2. The molecule has 3 rings (SSSR count). The van der Waals surface area contributed by atoms with E-state index in [1.54, 1.807) is 12.1 Å². The molecule has 4 heteroatoms. The summed E-state index contributed by atoms with van der Waals surface area (Å²) in [6.07, 6.45) is 0.225. The Bertz CT molecular complexity index is 691. The van der Waals surface area contributed by atoms with Crippen molar-refractivity contribution in [2.24, 2.45) is 5.73 Å². The molecular weight excluding hydrogens is 228 g/mol. The van der Waals surface area contributed by atoms with Gasteiger partial charge in [-0.25, -0.2) is 0 Å². The molecule has 0 amide bonds. The van der Waals surface area contributed by atoms with Crippen LogP contribution in [0.25, 0.3) is 10.8 Å². The maximum atomic E-state index is 12.0. The molecule has 90 valence electrons. The van der Waals surface area contributed by atoms with Crippen molar-refractivity contribution in [3.05, 3.63) is 41.5 Å². The third-order valence-corrected chi connectivity index (χ3v) is 3.35. The highest BCUT2D eigenvalue weighted by Gasteiger charge is 2.31. The van der Waals surface area contributed by atoms with Crippen LogP contribution in [0.1, 0.15) is 15.9 Å². The van der Waals surface area contributed by atoms with Crippen LogP contribution in [0.5, 0.6) is 0 Å². The van der Waals surface area contributed by atoms with Gasteiger partial charge in [-0.2, -0.15) is 0 Å². The molecule has 0 radical (unpaired) electrons. The first-order chi connectivity index (χ1) is 8.56. The van der Waals surface area contributed by atoms with Crippen LogP contribution in [0.15, 0.2) is 30.3 Å². The molecule has 2 aromatic carbocycles. The molecule has 0 heterocycles. The number of hydrogen-bond acceptors (Lipinski definition) is 4. The van der Waals surface area contributed by atoms with Crippen molar-refractivity contribution in [1.29, 1.82) is 0 Å². The fourth-order valence-corrected chi connectivity index (χ4v) is 2.35. The van der Waals surface area contributed by atoms with Gasteiger partial charge in [-0.3, -0.25) is 9.59 Å². The van der Waals surface area contributed by atoms with Crippen LogP contribution in [0.3, 0.4) is 0 Å². The smallest absolute Gasteiger partial charge is 0.187 e. The minimum Gasteiger partial charge on any atom is -0.399 e. The number of anilines is 1. The summed E-state index contributed by atoms with van der Waals surface area (Å²) in [5, 5.41) is 1.86. The first-order valence-electron chi connectivity index (χ1n) is 5.71. The largest absolute Gasteiger partial charge is 0.399 e. The van der Waals surface area contributed by atoms with Crippen molar-refractivity contribution in [2.45, 2.75) is 12.5 Å². The first-order valence-corrected chi connectivity index (χ1v) is 5.71. The van der Waals surface area contributed by atoms with Crippen LogP contribution in [0.2, 0.25) is 0 Å². The maximum absolute atomic E-state index is 12.0. The van der Waals surface area contributed by atoms with Crippen LogP contribution in [0, 0.1) is 0 Å². The molecule has 4 nitrogen and oxygen atoms in total. The number of carbonyl (C=O) groups is 2. The molecule has 0 fully saturated rings. The lowest BCUT2D eigenvalue weighted by Crippen LogP contribution is -2.43. The van der Waals surface area contributed by atoms with E-state index in [2.05, 4.69) is 0 Å². The molecule has 0 saturated carbocycles. The summed E-state index contributed by atoms with van der Waals surface area (Å²) in [6.45, 7) is 0. The third-order valence-electron chi connectivity index (χ3n) is 3.35. The number of ketones is 2. The zero-order valence-electron chi connectivity index (χ0n) is 9.64. The van der Waals surface area contributed by atoms with Gasteiger partial charge in [0.25, 0.3) is 0 Å². The molecule has 1 atom stereocenters. The van der Waals surface area contributed by atoms with Gasteiger partial charge in [-0.15, -0.1) is 0 Å². The standard InChI is InChI=1S/C14H12N2O2/c15-10-2-1-7-3-9-6-12(17)13(16)14(18)11(9)5-8(7)4-10/h1-5,13H,6,15-16H2. The number of rotatable bonds is 0. The molecular formula is C14H12N2O2. The Morgan fingerprint density at radius 3 is 2.61 bits per heavy atom. The summed E-state index contributed by atoms with van der Waals surface area (Å²) in [4.78, 5) is 23.6. The summed E-state index contributed by atoms with van der Waals surface area (Å²) >= 11 is 0. The van der Waals surface area contributed by atoms with E-state index in [0.29, 0.717) is 11.3 Å². The van der Waals surface area contributed by atoms with Crippen molar-refractivity contribution in [3.63, 3.8) is 0 Å². The van der Waals surface area contributed by atoms with Gasteiger partial charge in [0.05, 0.1) is 0 Å². The van der Waals surface area contributed by atoms with Gasteiger partial charge >= 0.3 is 0 Å². The van der Waals surface area contributed by atoms with Gasteiger partial charge in [0, 0.05) is 17.7 Å². The summed E-state index contributed by atoms with van der Waals surface area (Å²) in [5.41, 5.74) is 13.2. The van der Waals surface area contributed by atoms with E-state index in [4.69, 9.17) is 11.5 Å². The van der Waals surface area contributed by atoms with Gasteiger partial charge in [-0.05, 0) is 40.6 Å². The Kier molecular flexibility index (Phi) is 2.21. The Labute approximate surface area is 104 Å². The maximum Gasteiger partial charge on any atom is 0.187 e. The molecule has 1 aliphatic rings. The SMILES string of the molecule is Nc1ccc2cc3c(cc2c1)C(=O)C(N)C(=O)C3. The zero-order valence-corrected chi connectivity index (χ0v) is 9.64. The topological polar surface area (TPSA) is 86.2 Å². The molecule has 0 aromatic heterocycles. The van der Waals surface area contributed by atoms with E-state index < -0.39 is 6.04 Å². The zero-order chi connectivity index (χ0) is 12.9. The third kappa shape index (κ3) is 1.50. The molecule has 2 aromatic rings. The second-order valence-electron chi connectivity index (χ2n) is 4.60. The highest BCUT2D eigenvalue weighted by Crippen LogP contribution is 2.26. The summed E-state index contributed by atoms with van der Waals surface area (Å²) in [7, 11) is 0. The number of carbonyl (C=O) groups excluding carboxylic acids is 2. The van der Waals surface area contributed by atoms with Gasteiger partial charge in [0.15, 0.2) is 11.6 Å². The monoisotopic (exact) mass is 240 g/mol. The number of nitrogen functional groups attached to an aromatic ring is 1. The van der Waals surface area contributed by atoms with E-state index in [9.17, 15) is 9.59 Å². The van der Waals surface area contributed by atoms with Crippen LogP contribution >= 0.6 is 0 Å². The summed E-state index contributed by atoms with van der Waals surface area (Å²) < 4.78 is 0. The second-order valence-corrected chi connectivity index (χ2v) is 4.60. The number of hydrogen-bond donors (Lipinski definition) is 2. The molecule has 1 aliphatic carbocycles. The molecule has 0 bridgehead atoms. The lowest BCUT2D eigenvalue weighted by Gasteiger charge is -2.19.